The zero-order valence-electron chi connectivity index (χ0n) is 19.0. The molecule has 0 radical (unpaired) electrons. The van der Waals surface area contributed by atoms with Crippen molar-refractivity contribution < 1.29 is 23.1 Å². The molecule has 8 heteroatoms. The lowest BCUT2D eigenvalue weighted by atomic mass is 10.1. The van der Waals surface area contributed by atoms with Gasteiger partial charge in [0, 0.05) is 11.6 Å². The Morgan fingerprint density at radius 3 is 2.37 bits per heavy atom. The SMILES string of the molecule is COc1cc(CN(C(=O)c2ccc(F)cc2)c2nc3cc(-c4ccsc4)ccc3o2)cc(OC)c1. The van der Waals surface area contributed by atoms with Crippen LogP contribution in [0.2, 0.25) is 0 Å². The van der Waals surface area contributed by atoms with Gasteiger partial charge in [-0.3, -0.25) is 9.69 Å². The van der Waals surface area contributed by atoms with Crippen molar-refractivity contribution >= 4 is 34.4 Å². The highest BCUT2D eigenvalue weighted by molar-refractivity contribution is 7.08. The van der Waals surface area contributed by atoms with E-state index in [4.69, 9.17) is 13.9 Å². The van der Waals surface area contributed by atoms with E-state index in [0.717, 1.165) is 16.7 Å². The van der Waals surface area contributed by atoms with E-state index in [1.165, 1.54) is 29.2 Å². The van der Waals surface area contributed by atoms with Crippen LogP contribution in [0.15, 0.2) is 81.9 Å². The molecule has 0 aliphatic heterocycles. The first-order valence-corrected chi connectivity index (χ1v) is 11.7. The maximum Gasteiger partial charge on any atom is 0.305 e. The summed E-state index contributed by atoms with van der Waals surface area (Å²) in [5.74, 6) is 0.378. The number of rotatable bonds is 7. The number of fused-ring (bicyclic) bond motifs is 1. The number of nitrogens with zero attached hydrogens (tertiary/aromatic N) is 2. The van der Waals surface area contributed by atoms with Gasteiger partial charge in [-0.05, 0) is 82.0 Å². The van der Waals surface area contributed by atoms with Crippen molar-refractivity contribution in [3.8, 4) is 22.6 Å². The molecule has 2 heterocycles. The van der Waals surface area contributed by atoms with Crippen LogP contribution < -0.4 is 14.4 Å². The predicted octanol–water partition coefficient (Wildman–Crippen LogP) is 6.56. The number of hydrogen-bond donors (Lipinski definition) is 0. The number of carbonyl (C=O) groups is 1. The Kier molecular flexibility index (Phi) is 6.20. The first kappa shape index (κ1) is 22.6. The predicted molar refractivity (Wildman–Crippen MR) is 134 cm³/mol. The topological polar surface area (TPSA) is 64.8 Å². The quantitative estimate of drug-likeness (QED) is 0.260. The zero-order chi connectivity index (χ0) is 24.4. The number of benzene rings is 3. The number of oxazole rings is 1. The lowest BCUT2D eigenvalue weighted by Gasteiger charge is -2.20. The molecule has 1 amide bonds. The Labute approximate surface area is 205 Å². The summed E-state index contributed by atoms with van der Waals surface area (Å²) in [4.78, 5) is 19.6. The Hall–Kier alpha value is -4.17. The van der Waals surface area contributed by atoms with Crippen LogP contribution in [0.25, 0.3) is 22.2 Å². The zero-order valence-corrected chi connectivity index (χ0v) is 19.8. The van der Waals surface area contributed by atoms with Gasteiger partial charge in [-0.25, -0.2) is 4.39 Å². The van der Waals surface area contributed by atoms with E-state index in [0.29, 0.717) is 28.2 Å². The molecule has 0 atom stereocenters. The number of aromatic nitrogens is 1. The van der Waals surface area contributed by atoms with E-state index in [1.54, 1.807) is 31.6 Å². The van der Waals surface area contributed by atoms with Crippen molar-refractivity contribution in [2.75, 3.05) is 19.1 Å². The number of halogens is 1. The van der Waals surface area contributed by atoms with Gasteiger partial charge in [-0.15, -0.1) is 0 Å². The normalized spacial score (nSPS) is 10.9. The Balaban J connectivity index is 1.57. The third kappa shape index (κ3) is 4.74. The van der Waals surface area contributed by atoms with Crippen LogP contribution >= 0.6 is 11.3 Å². The van der Waals surface area contributed by atoms with E-state index < -0.39 is 5.82 Å². The lowest BCUT2D eigenvalue weighted by molar-refractivity contribution is 0.0980. The average Bonchev–Trinajstić information content (AvgIpc) is 3.57. The summed E-state index contributed by atoms with van der Waals surface area (Å²) >= 11 is 1.62. The van der Waals surface area contributed by atoms with Crippen LogP contribution in [0.1, 0.15) is 15.9 Å². The maximum absolute atomic E-state index is 13.5. The summed E-state index contributed by atoms with van der Waals surface area (Å²) in [6.45, 7) is 0.133. The second-order valence-electron chi connectivity index (χ2n) is 7.81. The lowest BCUT2D eigenvalue weighted by Crippen LogP contribution is -2.30. The number of carbonyl (C=O) groups excluding carboxylic acids is 1. The van der Waals surface area contributed by atoms with Gasteiger partial charge in [0.25, 0.3) is 5.91 Å². The molecule has 0 unspecified atom stereocenters. The first-order chi connectivity index (χ1) is 17.0. The molecule has 0 N–H and O–H groups in total. The molecule has 5 rings (SSSR count). The first-order valence-electron chi connectivity index (χ1n) is 10.8. The highest BCUT2D eigenvalue weighted by Crippen LogP contribution is 2.31. The molecule has 0 saturated heterocycles. The number of methoxy groups -OCH3 is 2. The highest BCUT2D eigenvalue weighted by Gasteiger charge is 2.24. The fourth-order valence-corrected chi connectivity index (χ4v) is 4.42. The smallest absolute Gasteiger partial charge is 0.305 e. The van der Waals surface area contributed by atoms with Gasteiger partial charge in [-0.1, -0.05) is 6.07 Å². The summed E-state index contributed by atoms with van der Waals surface area (Å²) in [6, 6.07) is 18.6. The van der Waals surface area contributed by atoms with E-state index in [9.17, 15) is 9.18 Å². The van der Waals surface area contributed by atoms with E-state index >= 15 is 0 Å². The third-order valence-electron chi connectivity index (χ3n) is 5.55. The van der Waals surface area contributed by atoms with Crippen LogP contribution in [0.3, 0.4) is 0 Å². The maximum atomic E-state index is 13.5. The average molecular weight is 489 g/mol. The minimum Gasteiger partial charge on any atom is -0.497 e. The number of thiophene rings is 1. The molecule has 3 aromatic carbocycles. The number of ether oxygens (including phenoxy) is 2. The molecule has 0 aliphatic carbocycles. The minimum atomic E-state index is -0.423. The van der Waals surface area contributed by atoms with Crippen molar-refractivity contribution in [2.45, 2.75) is 6.54 Å². The second kappa shape index (κ2) is 9.60. The van der Waals surface area contributed by atoms with Crippen molar-refractivity contribution in [3.63, 3.8) is 0 Å². The van der Waals surface area contributed by atoms with Gasteiger partial charge >= 0.3 is 6.01 Å². The molecule has 0 fully saturated rings. The Bertz CT molecular complexity index is 1460. The molecule has 0 aliphatic rings. The van der Waals surface area contributed by atoms with E-state index in [-0.39, 0.29) is 18.5 Å². The van der Waals surface area contributed by atoms with Crippen molar-refractivity contribution in [1.82, 2.24) is 4.98 Å². The molecule has 5 aromatic rings. The molecule has 2 aromatic heterocycles. The summed E-state index contributed by atoms with van der Waals surface area (Å²) in [5.41, 5.74) is 4.33. The van der Waals surface area contributed by atoms with Gasteiger partial charge in [0.05, 0.1) is 20.8 Å². The standard InChI is InChI=1S/C27H21FN2O4S/c1-32-22-11-17(12-23(14-22)33-2)15-30(26(31)18-3-6-21(28)7-4-18)27-29-24-13-19(5-8-25(24)34-27)20-9-10-35-16-20/h3-14,16H,15H2,1-2H3. The van der Waals surface area contributed by atoms with Crippen LogP contribution in [0.5, 0.6) is 11.5 Å². The number of amides is 1. The van der Waals surface area contributed by atoms with Crippen molar-refractivity contribution in [2.24, 2.45) is 0 Å². The van der Waals surface area contributed by atoms with Gasteiger partial charge in [0.15, 0.2) is 5.58 Å². The Morgan fingerprint density at radius 1 is 0.971 bits per heavy atom. The van der Waals surface area contributed by atoms with Crippen molar-refractivity contribution in [3.05, 3.63) is 94.4 Å². The molecular formula is C27H21FN2O4S. The van der Waals surface area contributed by atoms with Crippen LogP contribution in [-0.2, 0) is 6.54 Å². The third-order valence-corrected chi connectivity index (χ3v) is 6.23. The largest absolute Gasteiger partial charge is 0.497 e. The van der Waals surface area contributed by atoms with Gasteiger partial charge in [0.2, 0.25) is 0 Å². The van der Waals surface area contributed by atoms with Gasteiger partial charge in [0.1, 0.15) is 22.8 Å². The molecule has 0 saturated carbocycles. The van der Waals surface area contributed by atoms with Crippen LogP contribution in [-0.4, -0.2) is 25.1 Å². The molecule has 0 bridgehead atoms. The number of anilines is 1. The van der Waals surface area contributed by atoms with Gasteiger partial charge in [-0.2, -0.15) is 16.3 Å². The summed E-state index contributed by atoms with van der Waals surface area (Å²) < 4.78 is 30.3. The molecular weight excluding hydrogens is 467 g/mol. The van der Waals surface area contributed by atoms with Crippen molar-refractivity contribution in [1.29, 1.82) is 0 Å². The molecule has 176 valence electrons. The Morgan fingerprint density at radius 2 is 1.71 bits per heavy atom. The van der Waals surface area contributed by atoms with Gasteiger partial charge < -0.3 is 13.9 Å². The van der Waals surface area contributed by atoms with Crippen LogP contribution in [0, 0.1) is 5.82 Å². The van der Waals surface area contributed by atoms with Crippen LogP contribution in [0.4, 0.5) is 10.4 Å². The van der Waals surface area contributed by atoms with E-state index in [1.807, 2.05) is 41.8 Å². The fourth-order valence-electron chi connectivity index (χ4n) is 3.75. The fraction of sp³-hybridized carbons (Fsp3) is 0.111. The summed E-state index contributed by atoms with van der Waals surface area (Å²) in [5, 5.41) is 4.07. The molecule has 6 nitrogen and oxygen atoms in total. The molecule has 35 heavy (non-hydrogen) atoms. The summed E-state index contributed by atoms with van der Waals surface area (Å²) in [7, 11) is 3.12. The van der Waals surface area contributed by atoms with E-state index in [2.05, 4.69) is 10.4 Å². The monoisotopic (exact) mass is 488 g/mol. The number of hydrogen-bond acceptors (Lipinski definition) is 6. The molecule has 0 spiro atoms. The summed E-state index contributed by atoms with van der Waals surface area (Å²) in [6.07, 6.45) is 0. The highest BCUT2D eigenvalue weighted by atomic mass is 32.1. The minimum absolute atomic E-state index is 0.133. The second-order valence-corrected chi connectivity index (χ2v) is 8.59.